The Labute approximate surface area is 152 Å². The summed E-state index contributed by atoms with van der Waals surface area (Å²) in [5, 5.41) is 0. The standard InChI is InChI=1S/C20H24FN3O2/c1-26-12-16-10-23(19(25)8-14-4-6-17(21)7-5-14)11-18-20(16)24(13-22-18)9-15-2-3-15/h4-7,13,15-16H,2-3,8-12H2,1H3. The highest BCUT2D eigenvalue weighted by Gasteiger charge is 2.33. The number of rotatable bonds is 6. The van der Waals surface area contributed by atoms with E-state index >= 15 is 0 Å². The van der Waals surface area contributed by atoms with Gasteiger partial charge in [-0.3, -0.25) is 4.79 Å². The Kier molecular flexibility index (Phi) is 4.76. The lowest BCUT2D eigenvalue weighted by Crippen LogP contribution is -2.41. The molecule has 2 heterocycles. The van der Waals surface area contributed by atoms with Gasteiger partial charge in [0.15, 0.2) is 0 Å². The van der Waals surface area contributed by atoms with Crippen molar-refractivity contribution in [3.63, 3.8) is 0 Å². The Morgan fingerprint density at radius 3 is 2.77 bits per heavy atom. The van der Waals surface area contributed by atoms with Crippen molar-refractivity contribution in [2.45, 2.75) is 38.3 Å². The SMILES string of the molecule is COCC1CN(C(=O)Cc2ccc(F)cc2)Cc2ncn(CC3CC3)c21. The molecule has 138 valence electrons. The summed E-state index contributed by atoms with van der Waals surface area (Å²) < 4.78 is 20.7. The molecule has 1 saturated carbocycles. The van der Waals surface area contributed by atoms with Crippen LogP contribution in [0.2, 0.25) is 0 Å². The van der Waals surface area contributed by atoms with Gasteiger partial charge in [-0.1, -0.05) is 12.1 Å². The molecule has 1 aromatic heterocycles. The summed E-state index contributed by atoms with van der Waals surface area (Å²) in [7, 11) is 1.69. The molecule has 0 N–H and O–H groups in total. The van der Waals surface area contributed by atoms with Crippen LogP contribution in [0.5, 0.6) is 0 Å². The second-order valence-electron chi connectivity index (χ2n) is 7.40. The summed E-state index contributed by atoms with van der Waals surface area (Å²) in [5.74, 6) is 0.669. The third kappa shape index (κ3) is 3.65. The van der Waals surface area contributed by atoms with Crippen LogP contribution in [0.25, 0.3) is 0 Å². The van der Waals surface area contributed by atoms with Gasteiger partial charge in [0.2, 0.25) is 5.91 Å². The molecule has 2 aliphatic rings. The number of benzene rings is 1. The molecule has 0 radical (unpaired) electrons. The van der Waals surface area contributed by atoms with Crippen molar-refractivity contribution in [3.05, 3.63) is 53.4 Å². The van der Waals surface area contributed by atoms with Crippen LogP contribution < -0.4 is 0 Å². The van der Waals surface area contributed by atoms with E-state index in [4.69, 9.17) is 4.74 Å². The first kappa shape index (κ1) is 17.2. The second-order valence-corrected chi connectivity index (χ2v) is 7.40. The van der Waals surface area contributed by atoms with Crippen LogP contribution in [0.4, 0.5) is 4.39 Å². The largest absolute Gasteiger partial charge is 0.384 e. The van der Waals surface area contributed by atoms with Crippen molar-refractivity contribution in [2.24, 2.45) is 5.92 Å². The van der Waals surface area contributed by atoms with Gasteiger partial charge in [0.25, 0.3) is 0 Å². The zero-order valence-corrected chi connectivity index (χ0v) is 15.0. The number of hydrogen-bond acceptors (Lipinski definition) is 3. The van der Waals surface area contributed by atoms with Crippen molar-refractivity contribution in [3.8, 4) is 0 Å². The lowest BCUT2D eigenvalue weighted by molar-refractivity contribution is -0.132. The fourth-order valence-corrected chi connectivity index (χ4v) is 3.76. The average molecular weight is 357 g/mol. The number of carbonyl (C=O) groups is 1. The maximum absolute atomic E-state index is 13.1. The molecule has 2 aromatic rings. The summed E-state index contributed by atoms with van der Waals surface area (Å²) in [4.78, 5) is 19.2. The number of halogens is 1. The van der Waals surface area contributed by atoms with E-state index < -0.39 is 0 Å². The molecule has 26 heavy (non-hydrogen) atoms. The molecule has 1 atom stereocenters. The van der Waals surface area contributed by atoms with E-state index in [9.17, 15) is 9.18 Å². The van der Waals surface area contributed by atoms with E-state index in [0.29, 0.717) is 19.7 Å². The molecule has 0 bridgehead atoms. The first-order chi connectivity index (χ1) is 12.6. The van der Waals surface area contributed by atoms with E-state index in [1.807, 2.05) is 11.2 Å². The number of aromatic nitrogens is 2. The minimum atomic E-state index is -0.287. The topological polar surface area (TPSA) is 47.4 Å². The molecular weight excluding hydrogens is 333 g/mol. The minimum Gasteiger partial charge on any atom is -0.384 e. The summed E-state index contributed by atoms with van der Waals surface area (Å²) in [6.45, 7) is 2.76. The van der Waals surface area contributed by atoms with E-state index in [1.165, 1.54) is 30.7 Å². The van der Waals surface area contributed by atoms with Crippen LogP contribution in [0.15, 0.2) is 30.6 Å². The van der Waals surface area contributed by atoms with Gasteiger partial charge in [0, 0.05) is 31.8 Å². The van der Waals surface area contributed by atoms with Crippen molar-refractivity contribution in [1.82, 2.24) is 14.5 Å². The van der Waals surface area contributed by atoms with Gasteiger partial charge in [-0.25, -0.2) is 9.37 Å². The first-order valence-corrected chi connectivity index (χ1v) is 9.19. The Morgan fingerprint density at radius 1 is 1.31 bits per heavy atom. The zero-order valence-electron chi connectivity index (χ0n) is 15.0. The molecule has 6 heteroatoms. The van der Waals surface area contributed by atoms with Gasteiger partial charge in [-0.2, -0.15) is 0 Å². The first-order valence-electron chi connectivity index (χ1n) is 9.19. The predicted octanol–water partition coefficient (Wildman–Crippen LogP) is 2.75. The van der Waals surface area contributed by atoms with E-state index in [0.717, 1.165) is 23.7 Å². The number of amides is 1. The molecule has 4 rings (SSSR count). The van der Waals surface area contributed by atoms with Crippen LogP contribution in [-0.2, 0) is 29.0 Å². The summed E-state index contributed by atoms with van der Waals surface area (Å²) in [6, 6.07) is 6.12. The maximum Gasteiger partial charge on any atom is 0.227 e. The van der Waals surface area contributed by atoms with Crippen molar-refractivity contribution < 1.29 is 13.9 Å². The van der Waals surface area contributed by atoms with Gasteiger partial charge in [-0.05, 0) is 36.5 Å². The Balaban J connectivity index is 1.50. The Bertz CT molecular complexity index is 783. The normalized spacial score (nSPS) is 19.5. The van der Waals surface area contributed by atoms with Crippen molar-refractivity contribution in [1.29, 1.82) is 0 Å². The summed E-state index contributed by atoms with van der Waals surface area (Å²) >= 11 is 0. The summed E-state index contributed by atoms with van der Waals surface area (Å²) in [5.41, 5.74) is 3.03. The van der Waals surface area contributed by atoms with Crippen LogP contribution in [0.3, 0.4) is 0 Å². The third-order valence-electron chi connectivity index (χ3n) is 5.27. The Morgan fingerprint density at radius 2 is 2.08 bits per heavy atom. The number of fused-ring (bicyclic) bond motifs is 1. The van der Waals surface area contributed by atoms with Crippen LogP contribution in [0.1, 0.15) is 35.7 Å². The van der Waals surface area contributed by atoms with Crippen LogP contribution in [-0.4, -0.2) is 40.6 Å². The highest BCUT2D eigenvalue weighted by atomic mass is 19.1. The average Bonchev–Trinajstić information content (AvgIpc) is 3.36. The zero-order chi connectivity index (χ0) is 18.1. The van der Waals surface area contributed by atoms with Crippen molar-refractivity contribution in [2.75, 3.05) is 20.3 Å². The molecule has 1 aliphatic heterocycles. The fourth-order valence-electron chi connectivity index (χ4n) is 3.76. The van der Waals surface area contributed by atoms with Gasteiger partial charge >= 0.3 is 0 Å². The molecule has 5 nitrogen and oxygen atoms in total. The quantitative estimate of drug-likeness (QED) is 0.799. The number of ether oxygens (including phenoxy) is 1. The fraction of sp³-hybridized carbons (Fsp3) is 0.500. The molecule has 1 aliphatic carbocycles. The highest BCUT2D eigenvalue weighted by Crippen LogP contribution is 2.34. The minimum absolute atomic E-state index is 0.0418. The number of hydrogen-bond donors (Lipinski definition) is 0. The number of methoxy groups -OCH3 is 1. The second kappa shape index (κ2) is 7.19. The number of nitrogens with zero attached hydrogens (tertiary/aromatic N) is 3. The predicted molar refractivity (Wildman–Crippen MR) is 95.1 cm³/mol. The van der Waals surface area contributed by atoms with Gasteiger partial charge in [-0.15, -0.1) is 0 Å². The monoisotopic (exact) mass is 357 g/mol. The van der Waals surface area contributed by atoms with Gasteiger partial charge in [0.1, 0.15) is 5.82 Å². The molecule has 0 spiro atoms. The maximum atomic E-state index is 13.1. The van der Waals surface area contributed by atoms with Gasteiger partial charge < -0.3 is 14.2 Å². The molecule has 1 fully saturated rings. The lowest BCUT2D eigenvalue weighted by atomic mass is 9.98. The molecule has 1 unspecified atom stereocenters. The van der Waals surface area contributed by atoms with Crippen LogP contribution >= 0.6 is 0 Å². The van der Waals surface area contributed by atoms with Crippen LogP contribution in [0, 0.1) is 11.7 Å². The summed E-state index contributed by atoms with van der Waals surface area (Å²) in [6.07, 6.45) is 4.78. The molecule has 1 amide bonds. The molecule has 1 aromatic carbocycles. The number of imidazole rings is 1. The van der Waals surface area contributed by atoms with E-state index in [1.54, 1.807) is 19.2 Å². The smallest absolute Gasteiger partial charge is 0.227 e. The van der Waals surface area contributed by atoms with E-state index in [2.05, 4.69) is 9.55 Å². The van der Waals surface area contributed by atoms with E-state index in [-0.39, 0.29) is 24.1 Å². The van der Waals surface area contributed by atoms with Crippen molar-refractivity contribution >= 4 is 5.91 Å². The van der Waals surface area contributed by atoms with Gasteiger partial charge in [0.05, 0.1) is 31.6 Å². The molecule has 0 saturated heterocycles. The lowest BCUT2D eigenvalue weighted by Gasteiger charge is -2.33. The third-order valence-corrected chi connectivity index (χ3v) is 5.27. The Hall–Kier alpha value is -2.21. The highest BCUT2D eigenvalue weighted by molar-refractivity contribution is 5.79. The molecular formula is C20H24FN3O2. The number of carbonyl (C=O) groups excluding carboxylic acids is 1.